The molecule has 0 saturated heterocycles. The van der Waals surface area contributed by atoms with E-state index in [1.54, 1.807) is 24.3 Å². The number of carbonyl (C=O) groups is 2. The second-order valence-electron chi connectivity index (χ2n) is 4.82. The van der Waals surface area contributed by atoms with Gasteiger partial charge in [0.25, 0.3) is 0 Å². The van der Waals surface area contributed by atoms with Crippen LogP contribution in [-0.4, -0.2) is 23.7 Å². The molecule has 0 aromatic heterocycles. The first-order valence-electron chi connectivity index (χ1n) is 7.09. The van der Waals surface area contributed by atoms with Crippen molar-refractivity contribution in [1.29, 1.82) is 0 Å². The van der Waals surface area contributed by atoms with E-state index in [0.29, 0.717) is 21.3 Å². The molecule has 0 bridgehead atoms. The highest BCUT2D eigenvalue weighted by Crippen LogP contribution is 2.28. The number of halogens is 2. The van der Waals surface area contributed by atoms with Crippen LogP contribution in [0.5, 0.6) is 11.5 Å². The van der Waals surface area contributed by atoms with Gasteiger partial charge < -0.3 is 14.6 Å². The summed E-state index contributed by atoms with van der Waals surface area (Å²) in [6, 6.07) is 9.40. The molecule has 0 amide bonds. The zero-order valence-electron chi connectivity index (χ0n) is 12.7. The average molecular weight is 458 g/mol. The SMILES string of the molecule is CCCOc1ccc(Br)cc1C(=O)Oc1ccc(Br)cc1C(=O)O. The third-order valence-electron chi connectivity index (χ3n) is 3.00. The number of carbonyl (C=O) groups excluding carboxylic acids is 1. The zero-order valence-corrected chi connectivity index (χ0v) is 15.9. The lowest BCUT2D eigenvalue weighted by Gasteiger charge is -2.12. The summed E-state index contributed by atoms with van der Waals surface area (Å²) >= 11 is 6.50. The number of ether oxygens (including phenoxy) is 2. The Morgan fingerprint density at radius 1 is 1.00 bits per heavy atom. The molecule has 0 aliphatic heterocycles. The first-order chi connectivity index (χ1) is 11.4. The first kappa shape index (κ1) is 18.5. The molecule has 0 atom stereocenters. The Labute approximate surface area is 155 Å². The Morgan fingerprint density at radius 3 is 2.17 bits per heavy atom. The lowest BCUT2D eigenvalue weighted by atomic mass is 10.2. The maximum Gasteiger partial charge on any atom is 0.347 e. The number of esters is 1. The van der Waals surface area contributed by atoms with Gasteiger partial charge >= 0.3 is 11.9 Å². The normalized spacial score (nSPS) is 10.3. The predicted octanol–water partition coefficient (Wildman–Crippen LogP) is 4.92. The molecule has 0 heterocycles. The molecule has 0 aliphatic carbocycles. The van der Waals surface area contributed by atoms with Crippen LogP contribution in [0.1, 0.15) is 34.1 Å². The highest BCUT2D eigenvalue weighted by Gasteiger charge is 2.19. The summed E-state index contributed by atoms with van der Waals surface area (Å²) in [5, 5.41) is 9.24. The maximum atomic E-state index is 12.5. The van der Waals surface area contributed by atoms with Crippen LogP contribution in [0.25, 0.3) is 0 Å². The molecule has 0 radical (unpaired) electrons. The highest BCUT2D eigenvalue weighted by molar-refractivity contribution is 9.10. The predicted molar refractivity (Wildman–Crippen MR) is 96.0 cm³/mol. The van der Waals surface area contributed by atoms with E-state index in [0.717, 1.165) is 6.42 Å². The van der Waals surface area contributed by atoms with Gasteiger partial charge in [-0.2, -0.15) is 0 Å². The fraction of sp³-hybridized carbons (Fsp3) is 0.176. The van der Waals surface area contributed by atoms with Crippen LogP contribution in [0.3, 0.4) is 0 Å². The van der Waals surface area contributed by atoms with Crippen molar-refractivity contribution in [3.8, 4) is 11.5 Å². The van der Waals surface area contributed by atoms with Crippen LogP contribution in [0.4, 0.5) is 0 Å². The van der Waals surface area contributed by atoms with Crippen molar-refractivity contribution in [2.45, 2.75) is 13.3 Å². The third-order valence-corrected chi connectivity index (χ3v) is 3.98. The quantitative estimate of drug-likeness (QED) is 0.492. The van der Waals surface area contributed by atoms with Crippen LogP contribution in [0.15, 0.2) is 45.3 Å². The maximum absolute atomic E-state index is 12.5. The van der Waals surface area contributed by atoms with Gasteiger partial charge in [-0.05, 0) is 42.8 Å². The lowest BCUT2D eigenvalue weighted by Crippen LogP contribution is -2.13. The van der Waals surface area contributed by atoms with Gasteiger partial charge in [0.1, 0.15) is 22.6 Å². The lowest BCUT2D eigenvalue weighted by molar-refractivity contribution is 0.0680. The minimum Gasteiger partial charge on any atom is -0.493 e. The van der Waals surface area contributed by atoms with Crippen molar-refractivity contribution in [2.24, 2.45) is 0 Å². The fourth-order valence-electron chi connectivity index (χ4n) is 1.91. The van der Waals surface area contributed by atoms with E-state index < -0.39 is 11.9 Å². The summed E-state index contributed by atoms with van der Waals surface area (Å²) in [6.45, 7) is 2.42. The molecular formula is C17H14Br2O5. The topological polar surface area (TPSA) is 72.8 Å². The second kappa shape index (κ2) is 8.30. The van der Waals surface area contributed by atoms with E-state index in [1.165, 1.54) is 12.1 Å². The molecule has 126 valence electrons. The summed E-state index contributed by atoms with van der Waals surface area (Å²) < 4.78 is 12.1. The van der Waals surface area contributed by atoms with E-state index in [-0.39, 0.29) is 16.9 Å². The van der Waals surface area contributed by atoms with E-state index in [2.05, 4.69) is 31.9 Å². The highest BCUT2D eigenvalue weighted by atomic mass is 79.9. The summed E-state index contributed by atoms with van der Waals surface area (Å²) in [4.78, 5) is 23.8. The van der Waals surface area contributed by atoms with Crippen molar-refractivity contribution >= 4 is 43.8 Å². The number of aromatic carboxylic acids is 1. The molecule has 2 aromatic carbocycles. The van der Waals surface area contributed by atoms with Gasteiger partial charge in [0, 0.05) is 8.95 Å². The van der Waals surface area contributed by atoms with Crippen LogP contribution in [0.2, 0.25) is 0 Å². The van der Waals surface area contributed by atoms with Gasteiger partial charge in [-0.3, -0.25) is 0 Å². The summed E-state index contributed by atoms with van der Waals surface area (Å²) in [5.41, 5.74) is 0.112. The molecule has 5 nitrogen and oxygen atoms in total. The van der Waals surface area contributed by atoms with Crippen LogP contribution < -0.4 is 9.47 Å². The van der Waals surface area contributed by atoms with E-state index in [4.69, 9.17) is 9.47 Å². The van der Waals surface area contributed by atoms with Gasteiger partial charge in [0.15, 0.2) is 0 Å². The molecule has 24 heavy (non-hydrogen) atoms. The monoisotopic (exact) mass is 456 g/mol. The second-order valence-corrected chi connectivity index (χ2v) is 6.66. The van der Waals surface area contributed by atoms with Gasteiger partial charge in [0.2, 0.25) is 0 Å². The van der Waals surface area contributed by atoms with Gasteiger partial charge in [-0.1, -0.05) is 38.8 Å². The van der Waals surface area contributed by atoms with Crippen molar-refractivity contribution < 1.29 is 24.2 Å². The fourth-order valence-corrected chi connectivity index (χ4v) is 2.63. The third kappa shape index (κ3) is 4.58. The van der Waals surface area contributed by atoms with Gasteiger partial charge in [-0.25, -0.2) is 9.59 Å². The van der Waals surface area contributed by atoms with Crippen molar-refractivity contribution in [2.75, 3.05) is 6.61 Å². The number of benzene rings is 2. The number of hydrogen-bond acceptors (Lipinski definition) is 4. The van der Waals surface area contributed by atoms with E-state index >= 15 is 0 Å². The number of carboxylic acids is 1. The van der Waals surface area contributed by atoms with E-state index in [1.807, 2.05) is 6.92 Å². The number of carboxylic acid groups (broad SMARTS) is 1. The molecule has 2 rings (SSSR count). The number of rotatable bonds is 6. The minimum absolute atomic E-state index is 0.0304. The Balaban J connectivity index is 2.33. The molecular weight excluding hydrogens is 444 g/mol. The van der Waals surface area contributed by atoms with Crippen LogP contribution >= 0.6 is 31.9 Å². The summed E-state index contributed by atoms with van der Waals surface area (Å²) in [6.07, 6.45) is 0.792. The summed E-state index contributed by atoms with van der Waals surface area (Å²) in [7, 11) is 0. The van der Waals surface area contributed by atoms with Crippen LogP contribution in [-0.2, 0) is 0 Å². The smallest absolute Gasteiger partial charge is 0.347 e. The Morgan fingerprint density at radius 2 is 1.58 bits per heavy atom. The molecule has 0 aliphatic rings. The minimum atomic E-state index is -1.18. The zero-order chi connectivity index (χ0) is 17.7. The largest absolute Gasteiger partial charge is 0.493 e. The van der Waals surface area contributed by atoms with Gasteiger partial charge in [-0.15, -0.1) is 0 Å². The van der Waals surface area contributed by atoms with Crippen molar-refractivity contribution in [3.63, 3.8) is 0 Å². The first-order valence-corrected chi connectivity index (χ1v) is 8.68. The van der Waals surface area contributed by atoms with Crippen molar-refractivity contribution in [3.05, 3.63) is 56.5 Å². The molecule has 0 spiro atoms. The van der Waals surface area contributed by atoms with Crippen LogP contribution in [0, 0.1) is 0 Å². The summed E-state index contributed by atoms with van der Waals surface area (Å²) in [5.74, 6) is -1.51. The molecule has 0 saturated carbocycles. The molecule has 2 aromatic rings. The standard InChI is InChI=1S/C17H14Br2O5/c1-2-7-23-14-5-3-11(19)9-13(14)17(22)24-15-6-4-10(18)8-12(15)16(20)21/h3-6,8-9H,2,7H2,1H3,(H,20,21). The van der Waals surface area contributed by atoms with Crippen molar-refractivity contribution in [1.82, 2.24) is 0 Å². The molecule has 0 unspecified atom stereocenters. The number of hydrogen-bond donors (Lipinski definition) is 1. The average Bonchev–Trinajstić information content (AvgIpc) is 2.55. The van der Waals surface area contributed by atoms with Gasteiger partial charge in [0.05, 0.1) is 6.61 Å². The molecule has 1 N–H and O–H groups in total. The van der Waals surface area contributed by atoms with E-state index in [9.17, 15) is 14.7 Å². The Kier molecular flexibility index (Phi) is 6.39. The molecule has 0 fully saturated rings. The Hall–Kier alpha value is -1.86. The molecule has 7 heteroatoms. The Bertz CT molecular complexity index is 774.